The van der Waals surface area contributed by atoms with Gasteiger partial charge in [0.05, 0.1) is 20.3 Å². The van der Waals surface area contributed by atoms with Gasteiger partial charge >= 0.3 is 0 Å². The minimum atomic E-state index is 0.509. The largest absolute Gasteiger partial charge is 0.481 e. The highest BCUT2D eigenvalue weighted by molar-refractivity contribution is 8.06. The molecular formula is C11H17N3O2S2. The van der Waals surface area contributed by atoms with Gasteiger partial charge in [-0.05, 0) is 0 Å². The molecule has 0 bridgehead atoms. The first-order valence-electron chi connectivity index (χ1n) is 5.72. The fraction of sp³-hybridized carbons (Fsp3) is 0.636. The van der Waals surface area contributed by atoms with E-state index in [1.807, 2.05) is 23.5 Å². The molecular weight excluding hydrogens is 270 g/mol. The highest BCUT2D eigenvalue weighted by atomic mass is 32.2. The summed E-state index contributed by atoms with van der Waals surface area (Å²) in [5.41, 5.74) is 0. The monoisotopic (exact) mass is 287 g/mol. The standard InChI is InChI=1S/C11H17N3O2S2/c1-15-9-5-10(16-2)14-11(13-9)12-6-8-7-17-3-4-18-8/h5,8H,3-4,6-7H2,1-2H3,(H,12,13,14). The highest BCUT2D eigenvalue weighted by Gasteiger charge is 2.14. The number of ether oxygens (including phenoxy) is 2. The van der Waals surface area contributed by atoms with Crippen molar-refractivity contribution in [3.8, 4) is 11.8 Å². The highest BCUT2D eigenvalue weighted by Crippen LogP contribution is 2.24. The molecule has 0 amide bonds. The Morgan fingerprint density at radius 2 is 2.00 bits per heavy atom. The number of nitrogens with zero attached hydrogens (tertiary/aromatic N) is 2. The lowest BCUT2D eigenvalue weighted by Gasteiger charge is -2.21. The van der Waals surface area contributed by atoms with Crippen molar-refractivity contribution in [1.82, 2.24) is 9.97 Å². The average molecular weight is 287 g/mol. The van der Waals surface area contributed by atoms with Crippen LogP contribution in [0, 0.1) is 0 Å². The molecule has 1 fully saturated rings. The van der Waals surface area contributed by atoms with E-state index in [-0.39, 0.29) is 0 Å². The van der Waals surface area contributed by atoms with Crippen molar-refractivity contribution in [3.63, 3.8) is 0 Å². The number of nitrogens with one attached hydrogen (secondary N) is 1. The van der Waals surface area contributed by atoms with Crippen molar-refractivity contribution >= 4 is 29.5 Å². The Morgan fingerprint density at radius 3 is 2.56 bits per heavy atom. The molecule has 1 aromatic rings. The molecule has 0 radical (unpaired) electrons. The first kappa shape index (κ1) is 13.6. The molecule has 2 rings (SSSR count). The molecule has 2 heterocycles. The van der Waals surface area contributed by atoms with Crippen LogP contribution in [0.5, 0.6) is 11.8 Å². The van der Waals surface area contributed by atoms with E-state index in [9.17, 15) is 0 Å². The van der Waals surface area contributed by atoms with Crippen molar-refractivity contribution in [3.05, 3.63) is 6.07 Å². The fourth-order valence-electron chi connectivity index (χ4n) is 1.55. The van der Waals surface area contributed by atoms with Crippen LogP contribution in [0.4, 0.5) is 5.95 Å². The topological polar surface area (TPSA) is 56.3 Å². The molecule has 0 spiro atoms. The molecule has 1 aliphatic rings. The third-order valence-electron chi connectivity index (χ3n) is 2.47. The van der Waals surface area contributed by atoms with Crippen LogP contribution in [-0.2, 0) is 0 Å². The second-order valence-corrected chi connectivity index (χ2v) is 6.28. The van der Waals surface area contributed by atoms with Gasteiger partial charge in [-0.2, -0.15) is 33.5 Å². The summed E-state index contributed by atoms with van der Waals surface area (Å²) in [5.74, 6) is 5.23. The Balaban J connectivity index is 1.94. The smallest absolute Gasteiger partial charge is 0.229 e. The first-order valence-corrected chi connectivity index (χ1v) is 7.92. The summed E-state index contributed by atoms with van der Waals surface area (Å²) < 4.78 is 10.2. The Labute approximate surface area is 115 Å². The lowest BCUT2D eigenvalue weighted by atomic mass is 10.4. The van der Waals surface area contributed by atoms with Gasteiger partial charge in [0.15, 0.2) is 0 Å². The van der Waals surface area contributed by atoms with Crippen molar-refractivity contribution in [2.45, 2.75) is 5.25 Å². The van der Waals surface area contributed by atoms with Crippen LogP contribution >= 0.6 is 23.5 Å². The second-order valence-electron chi connectivity index (χ2n) is 3.72. The van der Waals surface area contributed by atoms with Gasteiger partial charge in [0.25, 0.3) is 0 Å². The Morgan fingerprint density at radius 1 is 1.28 bits per heavy atom. The molecule has 18 heavy (non-hydrogen) atoms. The minimum Gasteiger partial charge on any atom is -0.481 e. The first-order chi connectivity index (χ1) is 8.81. The van der Waals surface area contributed by atoms with E-state index in [0.29, 0.717) is 23.0 Å². The van der Waals surface area contributed by atoms with E-state index < -0.39 is 0 Å². The maximum atomic E-state index is 5.11. The van der Waals surface area contributed by atoms with Crippen molar-refractivity contribution in [1.29, 1.82) is 0 Å². The number of aromatic nitrogens is 2. The quantitative estimate of drug-likeness (QED) is 0.885. The van der Waals surface area contributed by atoms with E-state index in [1.54, 1.807) is 20.3 Å². The van der Waals surface area contributed by atoms with Crippen LogP contribution in [0.25, 0.3) is 0 Å². The summed E-state index contributed by atoms with van der Waals surface area (Å²) in [5, 5.41) is 3.86. The maximum Gasteiger partial charge on any atom is 0.229 e. The summed E-state index contributed by atoms with van der Waals surface area (Å²) in [7, 11) is 3.17. The third kappa shape index (κ3) is 3.84. The van der Waals surface area contributed by atoms with Gasteiger partial charge in [-0.1, -0.05) is 0 Å². The van der Waals surface area contributed by atoms with Crippen LogP contribution in [0.15, 0.2) is 6.07 Å². The molecule has 1 unspecified atom stereocenters. The normalized spacial score (nSPS) is 19.3. The maximum absolute atomic E-state index is 5.11. The lowest BCUT2D eigenvalue weighted by molar-refractivity contribution is 0.373. The average Bonchev–Trinajstić information content (AvgIpc) is 2.45. The predicted octanol–water partition coefficient (Wildman–Crippen LogP) is 1.75. The Hall–Kier alpha value is -0.820. The molecule has 0 aliphatic carbocycles. The third-order valence-corrected chi connectivity index (χ3v) is 5.32. The molecule has 100 valence electrons. The summed E-state index contributed by atoms with van der Waals surface area (Å²) in [6.07, 6.45) is 0. The van der Waals surface area contributed by atoms with Crippen LogP contribution in [0.1, 0.15) is 0 Å². The van der Waals surface area contributed by atoms with Gasteiger partial charge in [-0.25, -0.2) is 0 Å². The van der Waals surface area contributed by atoms with Crippen molar-refractivity contribution in [2.24, 2.45) is 0 Å². The summed E-state index contributed by atoms with van der Waals surface area (Å²) in [4.78, 5) is 8.49. The van der Waals surface area contributed by atoms with Crippen molar-refractivity contribution in [2.75, 3.05) is 43.3 Å². The molecule has 1 aromatic heterocycles. The molecule has 5 nitrogen and oxygen atoms in total. The van der Waals surface area contributed by atoms with Gasteiger partial charge in [-0.15, -0.1) is 0 Å². The van der Waals surface area contributed by atoms with Gasteiger partial charge in [0.2, 0.25) is 17.7 Å². The number of hydrogen-bond acceptors (Lipinski definition) is 7. The Bertz CT molecular complexity index is 364. The molecule has 0 saturated carbocycles. The molecule has 1 saturated heterocycles. The number of methoxy groups -OCH3 is 2. The fourth-order valence-corrected chi connectivity index (χ4v) is 4.16. The van der Waals surface area contributed by atoms with Crippen molar-refractivity contribution < 1.29 is 9.47 Å². The van der Waals surface area contributed by atoms with Crippen LogP contribution in [-0.4, -0.2) is 53.2 Å². The van der Waals surface area contributed by atoms with Crippen LogP contribution < -0.4 is 14.8 Å². The SMILES string of the molecule is COc1cc(OC)nc(NCC2CSCCS2)n1. The van der Waals surface area contributed by atoms with E-state index in [4.69, 9.17) is 9.47 Å². The van der Waals surface area contributed by atoms with E-state index >= 15 is 0 Å². The zero-order chi connectivity index (χ0) is 12.8. The molecule has 0 aromatic carbocycles. The minimum absolute atomic E-state index is 0.509. The molecule has 1 aliphatic heterocycles. The van der Waals surface area contributed by atoms with Gasteiger partial charge in [0.1, 0.15) is 0 Å². The summed E-state index contributed by atoms with van der Waals surface area (Å²) >= 11 is 4.00. The van der Waals surface area contributed by atoms with E-state index in [0.717, 1.165) is 6.54 Å². The van der Waals surface area contributed by atoms with E-state index in [2.05, 4.69) is 15.3 Å². The molecule has 1 N–H and O–H groups in total. The summed E-state index contributed by atoms with van der Waals surface area (Å²) in [6.45, 7) is 0.869. The van der Waals surface area contributed by atoms with Gasteiger partial charge < -0.3 is 14.8 Å². The van der Waals surface area contributed by atoms with Crippen LogP contribution in [0.3, 0.4) is 0 Å². The second kappa shape index (κ2) is 6.94. The van der Waals surface area contributed by atoms with Gasteiger partial charge in [-0.3, -0.25) is 0 Å². The number of anilines is 1. The molecule has 7 heteroatoms. The number of thioether (sulfide) groups is 2. The van der Waals surface area contributed by atoms with Crippen LogP contribution in [0.2, 0.25) is 0 Å². The molecule has 1 atom stereocenters. The Kier molecular flexibility index (Phi) is 5.25. The number of rotatable bonds is 5. The number of hydrogen-bond donors (Lipinski definition) is 1. The van der Waals surface area contributed by atoms with E-state index in [1.165, 1.54) is 17.3 Å². The lowest BCUT2D eigenvalue weighted by Crippen LogP contribution is -2.24. The summed E-state index contributed by atoms with van der Waals surface area (Å²) in [6, 6.07) is 1.66. The predicted molar refractivity (Wildman–Crippen MR) is 77.2 cm³/mol. The zero-order valence-corrected chi connectivity index (χ0v) is 12.1. The zero-order valence-electron chi connectivity index (χ0n) is 10.5. The van der Waals surface area contributed by atoms with Gasteiger partial charge in [0, 0.05) is 29.1 Å².